The highest BCUT2D eigenvalue weighted by Crippen LogP contribution is 2.28. The van der Waals surface area contributed by atoms with Crippen molar-refractivity contribution in [3.05, 3.63) is 93.5 Å². The van der Waals surface area contributed by atoms with Gasteiger partial charge < -0.3 is 21.1 Å². The number of rotatable bonds is 12. The summed E-state index contributed by atoms with van der Waals surface area (Å²) < 4.78 is 27.0. The zero-order valence-electron chi connectivity index (χ0n) is 22.9. The second-order valence-electron chi connectivity index (χ2n) is 10.1. The van der Waals surface area contributed by atoms with Crippen molar-refractivity contribution in [2.24, 2.45) is 0 Å². The Hall–Kier alpha value is -2.82. The standard InChI is InChI=1S/C30H36Cl2N4O4S/c1-2-34-26-15-23(16-27(18-26)36-10-6-7-11-41(36,39)40)30(38)35-28(14-21-8-4-3-5-9-21)29(37)20-33-19-22-12-24(31)17-25(32)13-22/h3-5,8-9,12-13,15-18,28-29,33-34,37H,2,6-7,10-11,14,19-20H2,1H3,(H,35,38)/t28-,29+/m0/s1. The van der Waals surface area contributed by atoms with Crippen LogP contribution in [0, 0.1) is 0 Å². The topological polar surface area (TPSA) is 111 Å². The van der Waals surface area contributed by atoms with Gasteiger partial charge in [-0.05, 0) is 73.7 Å². The number of nitrogens with one attached hydrogen (secondary N) is 3. The van der Waals surface area contributed by atoms with Crippen molar-refractivity contribution < 1.29 is 18.3 Å². The molecule has 1 heterocycles. The molecule has 1 amide bonds. The summed E-state index contributed by atoms with van der Waals surface area (Å²) >= 11 is 12.2. The van der Waals surface area contributed by atoms with Crippen LogP contribution in [-0.2, 0) is 23.0 Å². The van der Waals surface area contributed by atoms with Crippen LogP contribution >= 0.6 is 23.2 Å². The number of carbonyl (C=O) groups is 1. The predicted molar refractivity (Wildman–Crippen MR) is 167 cm³/mol. The van der Waals surface area contributed by atoms with Crippen LogP contribution in [0.15, 0.2) is 66.7 Å². The van der Waals surface area contributed by atoms with E-state index in [0.29, 0.717) is 59.5 Å². The molecule has 0 aromatic heterocycles. The molecule has 41 heavy (non-hydrogen) atoms. The van der Waals surface area contributed by atoms with Crippen molar-refractivity contribution in [1.29, 1.82) is 0 Å². The molecule has 0 saturated carbocycles. The van der Waals surface area contributed by atoms with Gasteiger partial charge in [0, 0.05) is 47.5 Å². The minimum absolute atomic E-state index is 0.0830. The lowest BCUT2D eigenvalue weighted by Crippen LogP contribution is -2.48. The summed E-state index contributed by atoms with van der Waals surface area (Å²) in [5, 5.41) is 21.7. The van der Waals surface area contributed by atoms with Crippen molar-refractivity contribution in [2.45, 2.75) is 44.9 Å². The number of hydrogen-bond donors (Lipinski definition) is 4. The Bertz CT molecular complexity index is 1420. The molecule has 2 atom stereocenters. The smallest absolute Gasteiger partial charge is 0.251 e. The van der Waals surface area contributed by atoms with E-state index in [0.717, 1.165) is 17.5 Å². The molecular formula is C30H36Cl2N4O4S. The minimum Gasteiger partial charge on any atom is -0.390 e. The molecule has 1 aliphatic rings. The number of amides is 1. The van der Waals surface area contributed by atoms with Gasteiger partial charge in [-0.25, -0.2) is 8.42 Å². The van der Waals surface area contributed by atoms with Gasteiger partial charge in [0.2, 0.25) is 10.0 Å². The van der Waals surface area contributed by atoms with Crippen LogP contribution in [0.3, 0.4) is 0 Å². The fourth-order valence-corrected chi connectivity index (χ4v) is 7.09. The van der Waals surface area contributed by atoms with Gasteiger partial charge in [0.25, 0.3) is 5.91 Å². The number of aliphatic hydroxyl groups is 1. The van der Waals surface area contributed by atoms with Gasteiger partial charge in [-0.1, -0.05) is 53.5 Å². The summed E-state index contributed by atoms with van der Waals surface area (Å²) in [5.41, 5.74) is 3.25. The molecule has 11 heteroatoms. The SMILES string of the molecule is CCNc1cc(C(=O)N[C@@H](Cc2ccccc2)[C@H](O)CNCc2cc(Cl)cc(Cl)c2)cc(N2CCCCS2(=O)=O)c1. The van der Waals surface area contributed by atoms with E-state index in [1.807, 2.05) is 37.3 Å². The van der Waals surface area contributed by atoms with Crippen LogP contribution in [0.25, 0.3) is 0 Å². The number of benzene rings is 3. The van der Waals surface area contributed by atoms with Gasteiger partial charge in [0.15, 0.2) is 0 Å². The van der Waals surface area contributed by atoms with Crippen molar-refractivity contribution >= 4 is 50.5 Å². The first-order valence-corrected chi connectivity index (χ1v) is 16.1. The summed E-state index contributed by atoms with van der Waals surface area (Å²) in [6.45, 7) is 3.55. The van der Waals surface area contributed by atoms with E-state index >= 15 is 0 Å². The van der Waals surface area contributed by atoms with E-state index in [1.165, 1.54) is 4.31 Å². The molecule has 0 radical (unpaired) electrons. The molecule has 3 aromatic rings. The molecule has 0 bridgehead atoms. The summed E-state index contributed by atoms with van der Waals surface area (Å²) in [7, 11) is -3.46. The monoisotopic (exact) mass is 618 g/mol. The summed E-state index contributed by atoms with van der Waals surface area (Å²) in [5.74, 6) is -0.318. The first kappa shape index (κ1) is 31.1. The lowest BCUT2D eigenvalue weighted by atomic mass is 10.00. The van der Waals surface area contributed by atoms with Crippen LogP contribution < -0.4 is 20.3 Å². The molecule has 1 saturated heterocycles. The van der Waals surface area contributed by atoms with E-state index in [9.17, 15) is 18.3 Å². The Labute approximate surface area is 252 Å². The van der Waals surface area contributed by atoms with Crippen LogP contribution in [0.2, 0.25) is 10.0 Å². The van der Waals surface area contributed by atoms with Crippen LogP contribution in [-0.4, -0.2) is 57.0 Å². The van der Waals surface area contributed by atoms with E-state index in [2.05, 4.69) is 16.0 Å². The van der Waals surface area contributed by atoms with E-state index in [1.54, 1.807) is 36.4 Å². The second-order valence-corrected chi connectivity index (χ2v) is 13.0. The highest BCUT2D eigenvalue weighted by Gasteiger charge is 2.28. The highest BCUT2D eigenvalue weighted by molar-refractivity contribution is 7.92. The Morgan fingerprint density at radius 3 is 2.41 bits per heavy atom. The lowest BCUT2D eigenvalue weighted by Gasteiger charge is -2.29. The van der Waals surface area contributed by atoms with Gasteiger partial charge in [-0.3, -0.25) is 9.10 Å². The van der Waals surface area contributed by atoms with E-state index in [-0.39, 0.29) is 12.3 Å². The lowest BCUT2D eigenvalue weighted by molar-refractivity contribution is 0.0830. The molecule has 0 unspecified atom stereocenters. The maximum Gasteiger partial charge on any atom is 0.251 e. The Kier molecular flexibility index (Phi) is 10.9. The third-order valence-corrected chi connectivity index (χ3v) is 9.19. The molecule has 1 aliphatic heterocycles. The Morgan fingerprint density at radius 2 is 1.73 bits per heavy atom. The molecule has 0 spiro atoms. The zero-order valence-corrected chi connectivity index (χ0v) is 25.3. The van der Waals surface area contributed by atoms with Crippen molar-refractivity contribution in [3.63, 3.8) is 0 Å². The molecule has 3 aromatic carbocycles. The third-order valence-electron chi connectivity index (χ3n) is 6.88. The number of sulfonamides is 1. The maximum absolute atomic E-state index is 13.6. The molecule has 4 rings (SSSR count). The minimum atomic E-state index is -3.46. The number of carbonyl (C=O) groups excluding carboxylic acids is 1. The molecule has 220 valence electrons. The van der Waals surface area contributed by atoms with Crippen molar-refractivity contribution in [1.82, 2.24) is 10.6 Å². The summed E-state index contributed by atoms with van der Waals surface area (Å²) in [4.78, 5) is 13.6. The van der Waals surface area contributed by atoms with Crippen LogP contribution in [0.4, 0.5) is 11.4 Å². The van der Waals surface area contributed by atoms with Crippen LogP contribution in [0.1, 0.15) is 41.3 Å². The largest absolute Gasteiger partial charge is 0.390 e. The maximum atomic E-state index is 13.6. The first-order chi connectivity index (χ1) is 19.6. The van der Waals surface area contributed by atoms with Gasteiger partial charge in [-0.2, -0.15) is 0 Å². The fraction of sp³-hybridized carbons (Fsp3) is 0.367. The second kappa shape index (κ2) is 14.4. The number of nitrogens with zero attached hydrogens (tertiary/aromatic N) is 1. The van der Waals surface area contributed by atoms with Crippen molar-refractivity contribution in [2.75, 3.05) is 35.0 Å². The quantitative estimate of drug-likeness (QED) is 0.231. The normalized spacial score (nSPS) is 16.1. The zero-order chi connectivity index (χ0) is 29.4. The van der Waals surface area contributed by atoms with Gasteiger partial charge >= 0.3 is 0 Å². The summed E-state index contributed by atoms with van der Waals surface area (Å²) in [6.07, 6.45) is 0.855. The van der Waals surface area contributed by atoms with E-state index < -0.39 is 28.1 Å². The fourth-order valence-electron chi connectivity index (χ4n) is 4.89. The average molecular weight is 620 g/mol. The van der Waals surface area contributed by atoms with Crippen LogP contribution in [0.5, 0.6) is 0 Å². The molecule has 0 aliphatic carbocycles. The molecule has 4 N–H and O–H groups in total. The van der Waals surface area contributed by atoms with Gasteiger partial charge in [-0.15, -0.1) is 0 Å². The third kappa shape index (κ3) is 8.83. The average Bonchev–Trinajstić information content (AvgIpc) is 2.92. The van der Waals surface area contributed by atoms with E-state index in [4.69, 9.17) is 23.2 Å². The van der Waals surface area contributed by atoms with Gasteiger partial charge in [0.05, 0.1) is 23.6 Å². The number of halogens is 2. The Morgan fingerprint density at radius 1 is 1.00 bits per heavy atom. The molecule has 8 nitrogen and oxygen atoms in total. The first-order valence-electron chi connectivity index (χ1n) is 13.7. The van der Waals surface area contributed by atoms with Gasteiger partial charge in [0.1, 0.15) is 0 Å². The number of anilines is 2. The highest BCUT2D eigenvalue weighted by atomic mass is 35.5. The predicted octanol–water partition coefficient (Wildman–Crippen LogP) is 4.85. The number of aliphatic hydroxyl groups excluding tert-OH is 1. The number of hydrogen-bond acceptors (Lipinski definition) is 6. The summed E-state index contributed by atoms with van der Waals surface area (Å²) in [6, 6.07) is 19.3. The molecular weight excluding hydrogens is 583 g/mol. The molecule has 1 fully saturated rings. The Balaban J connectivity index is 1.53. The van der Waals surface area contributed by atoms with Crippen molar-refractivity contribution in [3.8, 4) is 0 Å².